The Hall–Kier alpha value is -3.73. The molecule has 0 bridgehead atoms. The lowest BCUT2D eigenvalue weighted by Gasteiger charge is -2.30. The molecule has 3 amide bonds. The molecule has 0 radical (unpaired) electrons. The van der Waals surface area contributed by atoms with Crippen molar-refractivity contribution in [3.8, 4) is 0 Å². The summed E-state index contributed by atoms with van der Waals surface area (Å²) in [5.74, 6) is -1.47. The number of benzene rings is 3. The topological polar surface area (TPSA) is 66.5 Å². The van der Waals surface area contributed by atoms with E-state index in [9.17, 15) is 14.4 Å². The van der Waals surface area contributed by atoms with Gasteiger partial charge in [0.25, 0.3) is 11.8 Å². The molecule has 0 spiro atoms. The highest BCUT2D eigenvalue weighted by molar-refractivity contribution is 6.22. The maximum absolute atomic E-state index is 13.5. The van der Waals surface area contributed by atoms with Crippen molar-refractivity contribution in [3.05, 3.63) is 107 Å². The molecule has 1 aliphatic heterocycles. The van der Waals surface area contributed by atoms with E-state index < -0.39 is 23.9 Å². The Labute approximate surface area is 181 Å². The van der Waals surface area contributed by atoms with Crippen molar-refractivity contribution in [2.45, 2.75) is 25.9 Å². The monoisotopic (exact) mass is 412 g/mol. The van der Waals surface area contributed by atoms with Gasteiger partial charge in [-0.15, -0.1) is 0 Å². The average Bonchev–Trinajstić information content (AvgIpc) is 3.04. The molecule has 0 fully saturated rings. The van der Waals surface area contributed by atoms with E-state index >= 15 is 0 Å². The predicted molar refractivity (Wildman–Crippen MR) is 118 cm³/mol. The number of hydrogen-bond acceptors (Lipinski definition) is 3. The fraction of sp³-hybridized carbons (Fsp3) is 0.192. The second-order valence-corrected chi connectivity index (χ2v) is 7.98. The van der Waals surface area contributed by atoms with Gasteiger partial charge in [-0.1, -0.05) is 86.6 Å². The van der Waals surface area contributed by atoms with E-state index in [-0.39, 0.29) is 11.8 Å². The molecule has 0 saturated carbocycles. The number of rotatable bonds is 6. The molecule has 1 atom stereocenters. The van der Waals surface area contributed by atoms with Gasteiger partial charge in [-0.25, -0.2) is 0 Å². The third kappa shape index (κ3) is 3.87. The number of imide groups is 1. The van der Waals surface area contributed by atoms with Gasteiger partial charge in [0.1, 0.15) is 6.04 Å². The standard InChI is InChI=1S/C26H24N2O3/c1-17(2)23(28-25(30)20-15-9-10-16-21(20)26(28)31)24(29)27-22(18-11-5-3-6-12-18)19-13-7-4-8-14-19/h3-17,22-23H,1-2H3,(H,27,29)/t23-/m0/s1. The summed E-state index contributed by atoms with van der Waals surface area (Å²) in [6, 6.07) is 24.7. The quantitative estimate of drug-likeness (QED) is 0.617. The number of fused-ring (bicyclic) bond motifs is 1. The summed E-state index contributed by atoms with van der Waals surface area (Å²) < 4.78 is 0. The average molecular weight is 412 g/mol. The first kappa shape index (κ1) is 20.5. The number of carbonyl (C=O) groups excluding carboxylic acids is 3. The van der Waals surface area contributed by atoms with Crippen LogP contribution in [-0.2, 0) is 4.79 Å². The van der Waals surface area contributed by atoms with E-state index in [2.05, 4.69) is 5.32 Å². The zero-order chi connectivity index (χ0) is 22.0. The first-order chi connectivity index (χ1) is 15.0. The SMILES string of the molecule is CC(C)[C@@H](C(=O)NC(c1ccccc1)c1ccccc1)N1C(=O)c2ccccc2C1=O. The van der Waals surface area contributed by atoms with Gasteiger partial charge in [0, 0.05) is 0 Å². The van der Waals surface area contributed by atoms with Crippen LogP contribution in [0.25, 0.3) is 0 Å². The fourth-order valence-corrected chi connectivity index (χ4v) is 4.06. The predicted octanol–water partition coefficient (Wildman–Crippen LogP) is 4.21. The normalized spacial score (nSPS) is 14.1. The second-order valence-electron chi connectivity index (χ2n) is 7.98. The second kappa shape index (κ2) is 8.56. The highest BCUT2D eigenvalue weighted by Crippen LogP contribution is 2.28. The molecule has 0 aliphatic carbocycles. The van der Waals surface area contributed by atoms with Crippen LogP contribution < -0.4 is 5.32 Å². The molecule has 0 unspecified atom stereocenters. The molecule has 1 heterocycles. The Morgan fingerprint density at radius 1 is 0.710 bits per heavy atom. The molecule has 0 saturated heterocycles. The molecule has 31 heavy (non-hydrogen) atoms. The van der Waals surface area contributed by atoms with Crippen LogP contribution in [0.3, 0.4) is 0 Å². The molecule has 1 aliphatic rings. The van der Waals surface area contributed by atoms with Crippen LogP contribution in [0.15, 0.2) is 84.9 Å². The molecular weight excluding hydrogens is 388 g/mol. The Balaban J connectivity index is 1.67. The van der Waals surface area contributed by atoms with Crippen molar-refractivity contribution in [3.63, 3.8) is 0 Å². The Kier molecular flexibility index (Phi) is 5.67. The molecule has 5 heteroatoms. The van der Waals surface area contributed by atoms with Crippen molar-refractivity contribution >= 4 is 17.7 Å². The highest BCUT2D eigenvalue weighted by atomic mass is 16.2. The van der Waals surface area contributed by atoms with Gasteiger partial charge >= 0.3 is 0 Å². The van der Waals surface area contributed by atoms with E-state index in [1.54, 1.807) is 24.3 Å². The third-order valence-corrected chi connectivity index (χ3v) is 5.56. The molecule has 3 aromatic rings. The number of hydrogen-bond donors (Lipinski definition) is 1. The summed E-state index contributed by atoms with van der Waals surface area (Å²) in [7, 11) is 0. The fourth-order valence-electron chi connectivity index (χ4n) is 4.06. The number of amides is 3. The molecule has 5 nitrogen and oxygen atoms in total. The maximum Gasteiger partial charge on any atom is 0.262 e. The molecule has 156 valence electrons. The summed E-state index contributed by atoms with van der Waals surface area (Å²) in [4.78, 5) is 40.6. The number of nitrogens with one attached hydrogen (secondary N) is 1. The van der Waals surface area contributed by atoms with E-state index in [0.29, 0.717) is 11.1 Å². The van der Waals surface area contributed by atoms with E-state index in [4.69, 9.17) is 0 Å². The minimum atomic E-state index is -0.915. The van der Waals surface area contributed by atoms with Crippen molar-refractivity contribution in [2.24, 2.45) is 5.92 Å². The van der Waals surface area contributed by atoms with E-state index in [1.165, 1.54) is 0 Å². The van der Waals surface area contributed by atoms with E-state index in [1.807, 2.05) is 74.5 Å². The lowest BCUT2D eigenvalue weighted by atomic mass is 9.96. The number of nitrogens with zero attached hydrogens (tertiary/aromatic N) is 1. The Bertz CT molecular complexity index is 1040. The van der Waals surface area contributed by atoms with Gasteiger partial charge in [0.15, 0.2) is 0 Å². The van der Waals surface area contributed by atoms with Gasteiger partial charge in [-0.3, -0.25) is 19.3 Å². The molecule has 1 N–H and O–H groups in total. The van der Waals surface area contributed by atoms with Crippen molar-refractivity contribution in [1.82, 2.24) is 10.2 Å². The summed E-state index contributed by atoms with van der Waals surface area (Å²) in [6.07, 6.45) is 0. The van der Waals surface area contributed by atoms with Crippen LogP contribution in [-0.4, -0.2) is 28.7 Å². The zero-order valence-corrected chi connectivity index (χ0v) is 17.5. The number of carbonyl (C=O) groups is 3. The molecule has 4 rings (SSSR count). The largest absolute Gasteiger partial charge is 0.343 e. The first-order valence-electron chi connectivity index (χ1n) is 10.4. The van der Waals surface area contributed by atoms with Gasteiger partial charge < -0.3 is 5.32 Å². The summed E-state index contributed by atoms with van der Waals surface area (Å²) >= 11 is 0. The molecule has 3 aromatic carbocycles. The first-order valence-corrected chi connectivity index (χ1v) is 10.4. The smallest absolute Gasteiger partial charge is 0.262 e. The van der Waals surface area contributed by atoms with Gasteiger partial charge in [-0.2, -0.15) is 0 Å². The Morgan fingerprint density at radius 2 is 1.13 bits per heavy atom. The lowest BCUT2D eigenvalue weighted by Crippen LogP contribution is -2.53. The van der Waals surface area contributed by atoms with Crippen molar-refractivity contribution in [1.29, 1.82) is 0 Å². The van der Waals surface area contributed by atoms with Crippen LogP contribution in [0.1, 0.15) is 51.7 Å². The van der Waals surface area contributed by atoms with E-state index in [0.717, 1.165) is 16.0 Å². The zero-order valence-electron chi connectivity index (χ0n) is 17.5. The molecular formula is C26H24N2O3. The van der Waals surface area contributed by atoms with Gasteiger partial charge in [-0.05, 0) is 29.2 Å². The van der Waals surface area contributed by atoms with Crippen LogP contribution in [0.2, 0.25) is 0 Å². The summed E-state index contributed by atoms with van der Waals surface area (Å²) in [5, 5.41) is 3.09. The van der Waals surface area contributed by atoms with Gasteiger partial charge in [0.2, 0.25) is 5.91 Å². The lowest BCUT2D eigenvalue weighted by molar-refractivity contribution is -0.126. The van der Waals surface area contributed by atoms with Crippen molar-refractivity contribution in [2.75, 3.05) is 0 Å². The highest BCUT2D eigenvalue weighted by Gasteiger charge is 2.44. The minimum Gasteiger partial charge on any atom is -0.343 e. The van der Waals surface area contributed by atoms with Crippen LogP contribution >= 0.6 is 0 Å². The van der Waals surface area contributed by atoms with Crippen LogP contribution in [0, 0.1) is 5.92 Å². The minimum absolute atomic E-state index is 0.255. The van der Waals surface area contributed by atoms with Crippen molar-refractivity contribution < 1.29 is 14.4 Å². The van der Waals surface area contributed by atoms with Crippen LogP contribution in [0.4, 0.5) is 0 Å². The third-order valence-electron chi connectivity index (χ3n) is 5.56. The van der Waals surface area contributed by atoms with Crippen LogP contribution in [0.5, 0.6) is 0 Å². The molecule has 0 aromatic heterocycles. The maximum atomic E-state index is 13.5. The Morgan fingerprint density at radius 3 is 1.55 bits per heavy atom. The summed E-state index contributed by atoms with van der Waals surface area (Å²) in [5.41, 5.74) is 2.53. The summed E-state index contributed by atoms with van der Waals surface area (Å²) in [6.45, 7) is 3.68. The van der Waals surface area contributed by atoms with Gasteiger partial charge in [0.05, 0.1) is 17.2 Å².